The maximum atomic E-state index is 12.5. The van der Waals surface area contributed by atoms with E-state index in [0.29, 0.717) is 34.0 Å². The van der Waals surface area contributed by atoms with Crippen molar-refractivity contribution in [1.29, 1.82) is 0 Å². The first kappa shape index (κ1) is 21.2. The number of nitrogens with one attached hydrogen (secondary N) is 2. The van der Waals surface area contributed by atoms with Crippen LogP contribution in [0.1, 0.15) is 36.2 Å². The average molecular weight is 411 g/mol. The van der Waals surface area contributed by atoms with Crippen LogP contribution in [0.3, 0.4) is 0 Å². The summed E-state index contributed by atoms with van der Waals surface area (Å²) < 4.78 is 32.2. The second-order valence-electron chi connectivity index (χ2n) is 6.19. The number of hydrogen-bond donors (Lipinski definition) is 2. The largest absolute Gasteiger partial charge is 0.496 e. The van der Waals surface area contributed by atoms with Crippen molar-refractivity contribution in [2.45, 2.75) is 32.1 Å². The van der Waals surface area contributed by atoms with Crippen LogP contribution < -0.4 is 14.8 Å². The highest BCUT2D eigenvalue weighted by molar-refractivity contribution is 7.88. The molecule has 2 rings (SSSR count). The van der Waals surface area contributed by atoms with Crippen LogP contribution in [-0.2, 0) is 15.8 Å². The van der Waals surface area contributed by atoms with Crippen molar-refractivity contribution in [3.8, 4) is 5.75 Å². The fourth-order valence-corrected chi connectivity index (χ4v) is 4.08. The fraction of sp³-hybridized carbons (Fsp3) is 0.316. The van der Waals surface area contributed by atoms with Crippen LogP contribution in [0, 0.1) is 0 Å². The summed E-state index contributed by atoms with van der Waals surface area (Å²) in [6, 6.07) is 11.3. The number of hydrogen-bond acceptors (Lipinski definition) is 4. The zero-order chi connectivity index (χ0) is 20.0. The Bertz CT molecular complexity index is 916. The monoisotopic (exact) mass is 410 g/mol. The molecule has 0 aromatic heterocycles. The van der Waals surface area contributed by atoms with Gasteiger partial charge < -0.3 is 10.1 Å². The Kier molecular flexibility index (Phi) is 7.24. The predicted molar refractivity (Wildman–Crippen MR) is 108 cm³/mol. The normalized spacial score (nSPS) is 12.4. The predicted octanol–water partition coefficient (Wildman–Crippen LogP) is 3.82. The van der Waals surface area contributed by atoms with Crippen molar-refractivity contribution in [2.24, 2.45) is 0 Å². The van der Waals surface area contributed by atoms with E-state index in [1.165, 1.54) is 7.11 Å². The number of ether oxygens (including phenoxy) is 1. The zero-order valence-corrected chi connectivity index (χ0v) is 17.0. The maximum absolute atomic E-state index is 12.5. The first-order valence-electron chi connectivity index (χ1n) is 8.48. The highest BCUT2D eigenvalue weighted by Gasteiger charge is 2.16. The summed E-state index contributed by atoms with van der Waals surface area (Å²) in [5, 5.41) is 3.22. The van der Waals surface area contributed by atoms with Crippen molar-refractivity contribution < 1.29 is 17.9 Å². The molecule has 0 unspecified atom stereocenters. The van der Waals surface area contributed by atoms with Gasteiger partial charge in [0, 0.05) is 16.8 Å². The number of rotatable bonds is 8. The molecule has 2 aromatic carbocycles. The van der Waals surface area contributed by atoms with Crippen molar-refractivity contribution in [3.63, 3.8) is 0 Å². The molecule has 0 aliphatic carbocycles. The van der Waals surface area contributed by atoms with Gasteiger partial charge in [0.25, 0.3) is 5.91 Å². The number of carbonyl (C=O) groups excluding carboxylic acids is 1. The second kappa shape index (κ2) is 9.21. The van der Waals surface area contributed by atoms with Crippen molar-refractivity contribution in [3.05, 3.63) is 58.6 Å². The molecule has 0 spiro atoms. The number of benzene rings is 2. The van der Waals surface area contributed by atoms with E-state index in [4.69, 9.17) is 16.3 Å². The van der Waals surface area contributed by atoms with Crippen molar-refractivity contribution in [2.75, 3.05) is 12.4 Å². The summed E-state index contributed by atoms with van der Waals surface area (Å²) >= 11 is 5.91. The lowest BCUT2D eigenvalue weighted by molar-refractivity contribution is 0.102. The maximum Gasteiger partial charge on any atom is 0.259 e. The smallest absolute Gasteiger partial charge is 0.259 e. The number of anilines is 1. The lowest BCUT2D eigenvalue weighted by Crippen LogP contribution is -2.32. The highest BCUT2D eigenvalue weighted by Crippen LogP contribution is 2.24. The summed E-state index contributed by atoms with van der Waals surface area (Å²) in [5.41, 5.74) is 1.40. The first-order valence-corrected chi connectivity index (χ1v) is 10.5. The molecule has 0 fully saturated rings. The third-order valence-electron chi connectivity index (χ3n) is 3.94. The molecule has 2 aromatic rings. The summed E-state index contributed by atoms with van der Waals surface area (Å²) in [6.45, 7) is 3.72. The fourth-order valence-electron chi connectivity index (χ4n) is 2.44. The third kappa shape index (κ3) is 6.23. The molecule has 0 heterocycles. The average Bonchev–Trinajstić information content (AvgIpc) is 2.60. The molecule has 146 valence electrons. The van der Waals surface area contributed by atoms with Crippen molar-refractivity contribution >= 4 is 33.2 Å². The molecule has 0 aliphatic heterocycles. The molecule has 1 atom stereocenters. The summed E-state index contributed by atoms with van der Waals surface area (Å²) in [4.78, 5) is 12.5. The van der Waals surface area contributed by atoms with E-state index in [1.54, 1.807) is 42.5 Å². The van der Waals surface area contributed by atoms with Crippen LogP contribution in [0.2, 0.25) is 5.02 Å². The minimum Gasteiger partial charge on any atom is -0.496 e. The Morgan fingerprint density at radius 3 is 2.63 bits per heavy atom. The Morgan fingerprint density at radius 2 is 1.96 bits per heavy atom. The SMILES string of the molecule is CC[C@@H](C)NS(=O)(=O)Cc1cccc(NC(=O)c2ccc(Cl)cc2OC)c1. The van der Waals surface area contributed by atoms with E-state index in [-0.39, 0.29) is 17.7 Å². The first-order chi connectivity index (χ1) is 12.7. The molecule has 0 saturated carbocycles. The molecule has 8 heteroatoms. The van der Waals surface area contributed by atoms with Crippen LogP contribution in [0.4, 0.5) is 5.69 Å². The Labute approximate surface area is 164 Å². The van der Waals surface area contributed by atoms with Gasteiger partial charge in [-0.25, -0.2) is 13.1 Å². The molecule has 0 radical (unpaired) electrons. The van der Waals surface area contributed by atoms with Crippen LogP contribution in [0.15, 0.2) is 42.5 Å². The minimum atomic E-state index is -3.46. The number of amides is 1. The Hall–Kier alpha value is -2.09. The van der Waals surface area contributed by atoms with E-state index in [0.717, 1.165) is 0 Å². The van der Waals surface area contributed by atoms with Crippen LogP contribution in [-0.4, -0.2) is 27.5 Å². The highest BCUT2D eigenvalue weighted by atomic mass is 35.5. The number of carbonyl (C=O) groups is 1. The molecule has 2 N–H and O–H groups in total. The number of sulfonamides is 1. The van der Waals surface area contributed by atoms with Gasteiger partial charge in [0.05, 0.1) is 18.4 Å². The van der Waals surface area contributed by atoms with E-state index < -0.39 is 10.0 Å². The van der Waals surface area contributed by atoms with E-state index >= 15 is 0 Å². The topological polar surface area (TPSA) is 84.5 Å². The molecule has 0 aliphatic rings. The molecule has 1 amide bonds. The van der Waals surface area contributed by atoms with Gasteiger partial charge >= 0.3 is 0 Å². The summed E-state index contributed by atoms with van der Waals surface area (Å²) in [7, 11) is -2.00. The van der Waals surface area contributed by atoms with Gasteiger partial charge in [-0.15, -0.1) is 0 Å². The van der Waals surface area contributed by atoms with Gasteiger partial charge in [-0.1, -0.05) is 30.7 Å². The van der Waals surface area contributed by atoms with Gasteiger partial charge in [-0.2, -0.15) is 0 Å². The van der Waals surface area contributed by atoms with E-state index in [2.05, 4.69) is 10.0 Å². The standard InChI is InChI=1S/C19H23ClN2O4S/c1-4-13(2)22-27(24,25)12-14-6-5-7-16(10-14)21-19(23)17-9-8-15(20)11-18(17)26-3/h5-11,13,22H,4,12H2,1-3H3,(H,21,23)/t13-/m1/s1. The molecular weight excluding hydrogens is 388 g/mol. The van der Waals surface area contributed by atoms with Gasteiger partial charge in [0.1, 0.15) is 5.75 Å². The van der Waals surface area contributed by atoms with Gasteiger partial charge in [-0.05, 0) is 49.2 Å². The van der Waals surface area contributed by atoms with Gasteiger partial charge in [-0.3, -0.25) is 4.79 Å². The number of halogens is 1. The quantitative estimate of drug-likeness (QED) is 0.692. The summed E-state index contributed by atoms with van der Waals surface area (Å²) in [6.07, 6.45) is 0.707. The number of methoxy groups -OCH3 is 1. The van der Waals surface area contributed by atoms with Gasteiger partial charge in [0.2, 0.25) is 10.0 Å². The summed E-state index contributed by atoms with van der Waals surface area (Å²) in [5.74, 6) is -0.177. The molecule has 6 nitrogen and oxygen atoms in total. The van der Waals surface area contributed by atoms with Crippen LogP contribution in [0.5, 0.6) is 5.75 Å². The second-order valence-corrected chi connectivity index (χ2v) is 8.38. The zero-order valence-electron chi connectivity index (χ0n) is 15.5. The molecule has 0 saturated heterocycles. The molecular formula is C19H23ClN2O4S. The Morgan fingerprint density at radius 1 is 1.22 bits per heavy atom. The Balaban J connectivity index is 2.15. The minimum absolute atomic E-state index is 0.129. The molecule has 27 heavy (non-hydrogen) atoms. The lowest BCUT2D eigenvalue weighted by atomic mass is 10.1. The lowest BCUT2D eigenvalue weighted by Gasteiger charge is -2.13. The van der Waals surface area contributed by atoms with E-state index in [9.17, 15) is 13.2 Å². The van der Waals surface area contributed by atoms with Crippen molar-refractivity contribution in [1.82, 2.24) is 4.72 Å². The van der Waals surface area contributed by atoms with Crippen LogP contribution >= 0.6 is 11.6 Å². The van der Waals surface area contributed by atoms with Gasteiger partial charge in [0.15, 0.2) is 0 Å². The molecule has 0 bridgehead atoms. The van der Waals surface area contributed by atoms with E-state index in [1.807, 2.05) is 13.8 Å². The van der Waals surface area contributed by atoms with Crippen LogP contribution in [0.25, 0.3) is 0 Å². The third-order valence-corrected chi connectivity index (χ3v) is 5.65.